The van der Waals surface area contributed by atoms with Gasteiger partial charge in [-0.2, -0.15) is 0 Å². The summed E-state index contributed by atoms with van der Waals surface area (Å²) in [6.45, 7) is 2.41. The van der Waals surface area contributed by atoms with Crippen LogP contribution >= 0.6 is 22.9 Å². The third kappa shape index (κ3) is 2.96. The van der Waals surface area contributed by atoms with Crippen LogP contribution in [0, 0.1) is 17.0 Å². The zero-order chi connectivity index (χ0) is 13.1. The fraction of sp³-hybridized carbons (Fsp3) is 0.182. The topological polar surface area (TPSA) is 68.1 Å². The van der Waals surface area contributed by atoms with E-state index >= 15 is 0 Å². The summed E-state index contributed by atoms with van der Waals surface area (Å²) in [4.78, 5) is 15.6. The van der Waals surface area contributed by atoms with Gasteiger partial charge in [-0.1, -0.05) is 11.6 Å². The number of nitrogens with one attached hydrogen (secondary N) is 1. The molecular weight excluding hydrogens is 274 g/mol. The number of hydrogen-bond donors (Lipinski definition) is 1. The van der Waals surface area contributed by atoms with Crippen LogP contribution in [0.25, 0.3) is 0 Å². The Labute approximate surface area is 113 Å². The normalized spacial score (nSPS) is 10.3. The lowest BCUT2D eigenvalue weighted by atomic mass is 10.2. The summed E-state index contributed by atoms with van der Waals surface area (Å²) in [6, 6.07) is 4.44. The van der Waals surface area contributed by atoms with Crippen molar-refractivity contribution in [3.05, 3.63) is 49.4 Å². The molecule has 1 aromatic carbocycles. The number of halogens is 1. The Bertz CT molecular complexity index is 585. The molecule has 2 rings (SSSR count). The lowest BCUT2D eigenvalue weighted by molar-refractivity contribution is -0.384. The van der Waals surface area contributed by atoms with Crippen molar-refractivity contribution >= 4 is 34.3 Å². The van der Waals surface area contributed by atoms with Crippen LogP contribution in [0.3, 0.4) is 0 Å². The molecule has 7 heteroatoms. The van der Waals surface area contributed by atoms with Gasteiger partial charge >= 0.3 is 0 Å². The van der Waals surface area contributed by atoms with E-state index in [-0.39, 0.29) is 5.69 Å². The zero-order valence-electron chi connectivity index (χ0n) is 9.51. The molecule has 0 aliphatic carbocycles. The highest BCUT2D eigenvalue weighted by Crippen LogP contribution is 2.28. The van der Waals surface area contributed by atoms with Crippen LogP contribution in [0.5, 0.6) is 0 Å². The predicted molar refractivity (Wildman–Crippen MR) is 72.3 cm³/mol. The molecule has 0 aliphatic heterocycles. The van der Waals surface area contributed by atoms with E-state index in [2.05, 4.69) is 10.3 Å². The second-order valence-corrected chi connectivity index (χ2v) is 5.37. The minimum absolute atomic E-state index is 0.0145. The summed E-state index contributed by atoms with van der Waals surface area (Å²) in [5.74, 6) is 0. The second kappa shape index (κ2) is 5.32. The third-order valence-electron chi connectivity index (χ3n) is 2.28. The van der Waals surface area contributed by atoms with E-state index in [1.807, 2.05) is 6.92 Å². The van der Waals surface area contributed by atoms with Crippen LogP contribution in [0.1, 0.15) is 9.88 Å². The van der Waals surface area contributed by atoms with E-state index in [0.29, 0.717) is 17.3 Å². The van der Waals surface area contributed by atoms with Gasteiger partial charge in [0.15, 0.2) is 0 Å². The van der Waals surface area contributed by atoms with Gasteiger partial charge in [0, 0.05) is 22.2 Å². The van der Waals surface area contributed by atoms with E-state index in [9.17, 15) is 10.1 Å². The number of aryl methyl sites for hydroxylation is 1. The minimum Gasteiger partial charge on any atom is -0.374 e. The Morgan fingerprint density at radius 1 is 1.56 bits per heavy atom. The maximum absolute atomic E-state index is 10.9. The van der Waals surface area contributed by atoms with E-state index in [1.165, 1.54) is 12.1 Å². The summed E-state index contributed by atoms with van der Waals surface area (Å²) in [5, 5.41) is 15.3. The lowest BCUT2D eigenvalue weighted by Gasteiger charge is -2.05. The molecule has 0 amide bonds. The number of anilines is 1. The quantitative estimate of drug-likeness (QED) is 0.687. The van der Waals surface area contributed by atoms with Crippen LogP contribution in [-0.4, -0.2) is 9.91 Å². The number of nitro groups is 1. The van der Waals surface area contributed by atoms with Gasteiger partial charge in [-0.3, -0.25) is 10.1 Å². The zero-order valence-corrected chi connectivity index (χ0v) is 11.1. The van der Waals surface area contributed by atoms with Crippen LogP contribution in [0.15, 0.2) is 24.4 Å². The number of nitrogens with zero attached hydrogens (tertiary/aromatic N) is 2. The van der Waals surface area contributed by atoms with Crippen molar-refractivity contribution in [2.75, 3.05) is 5.32 Å². The van der Waals surface area contributed by atoms with E-state index < -0.39 is 4.92 Å². The highest BCUT2D eigenvalue weighted by atomic mass is 35.5. The largest absolute Gasteiger partial charge is 0.374 e. The average Bonchev–Trinajstić information content (AvgIpc) is 2.72. The monoisotopic (exact) mass is 283 g/mol. The Morgan fingerprint density at radius 2 is 2.33 bits per heavy atom. The minimum atomic E-state index is -0.434. The first kappa shape index (κ1) is 12.8. The summed E-state index contributed by atoms with van der Waals surface area (Å²) >= 11 is 7.38. The summed E-state index contributed by atoms with van der Waals surface area (Å²) < 4.78 is 0. The van der Waals surface area contributed by atoms with Gasteiger partial charge in [-0.05, 0) is 19.1 Å². The number of aromatic nitrogens is 1. The van der Waals surface area contributed by atoms with Crippen molar-refractivity contribution in [2.24, 2.45) is 0 Å². The molecule has 0 radical (unpaired) electrons. The van der Waals surface area contributed by atoms with Crippen LogP contribution in [0.4, 0.5) is 11.4 Å². The molecule has 0 bridgehead atoms. The number of thiazole rings is 1. The smallest absolute Gasteiger partial charge is 0.292 e. The molecule has 2 aromatic rings. The molecule has 0 atom stereocenters. The van der Waals surface area contributed by atoms with Gasteiger partial charge in [-0.25, -0.2) is 4.98 Å². The van der Waals surface area contributed by atoms with Gasteiger partial charge in [0.1, 0.15) is 5.69 Å². The van der Waals surface area contributed by atoms with Crippen molar-refractivity contribution in [3.63, 3.8) is 0 Å². The number of nitro benzene ring substituents is 1. The first-order valence-corrected chi connectivity index (χ1v) is 6.35. The Balaban J connectivity index is 2.17. The van der Waals surface area contributed by atoms with Gasteiger partial charge in [-0.15, -0.1) is 11.3 Å². The summed E-state index contributed by atoms with van der Waals surface area (Å²) in [7, 11) is 0. The maximum atomic E-state index is 10.9. The molecule has 5 nitrogen and oxygen atoms in total. The molecule has 0 fully saturated rings. The van der Waals surface area contributed by atoms with Crippen LogP contribution in [-0.2, 0) is 6.54 Å². The molecular formula is C11H10ClN3O2S. The molecule has 0 spiro atoms. The SMILES string of the molecule is Cc1ncc(CNc2cc(Cl)ccc2[N+](=O)[O-])s1. The Hall–Kier alpha value is -1.66. The number of hydrogen-bond acceptors (Lipinski definition) is 5. The van der Waals surface area contributed by atoms with E-state index in [1.54, 1.807) is 23.6 Å². The van der Waals surface area contributed by atoms with Crippen LogP contribution in [0.2, 0.25) is 5.02 Å². The van der Waals surface area contributed by atoms with E-state index in [0.717, 1.165) is 9.88 Å². The van der Waals surface area contributed by atoms with Crippen molar-refractivity contribution in [3.8, 4) is 0 Å². The Kier molecular flexibility index (Phi) is 3.78. The van der Waals surface area contributed by atoms with Crippen molar-refractivity contribution in [2.45, 2.75) is 13.5 Å². The average molecular weight is 284 g/mol. The molecule has 18 heavy (non-hydrogen) atoms. The van der Waals surface area contributed by atoms with Gasteiger partial charge in [0.2, 0.25) is 0 Å². The van der Waals surface area contributed by atoms with Crippen molar-refractivity contribution < 1.29 is 4.92 Å². The molecule has 0 saturated heterocycles. The number of rotatable bonds is 4. The fourth-order valence-electron chi connectivity index (χ4n) is 1.48. The molecule has 0 aliphatic rings. The summed E-state index contributed by atoms with van der Waals surface area (Å²) in [6.07, 6.45) is 1.75. The molecule has 0 unspecified atom stereocenters. The highest BCUT2D eigenvalue weighted by molar-refractivity contribution is 7.11. The van der Waals surface area contributed by atoms with Crippen molar-refractivity contribution in [1.82, 2.24) is 4.98 Å². The standard InChI is InChI=1S/C11H10ClN3O2S/c1-7-13-5-9(18-7)6-14-10-4-8(12)2-3-11(10)15(16)17/h2-5,14H,6H2,1H3. The summed E-state index contributed by atoms with van der Waals surface area (Å²) in [5.41, 5.74) is 0.430. The van der Waals surface area contributed by atoms with Gasteiger partial charge < -0.3 is 5.32 Å². The second-order valence-electron chi connectivity index (χ2n) is 3.62. The number of benzene rings is 1. The third-order valence-corrected chi connectivity index (χ3v) is 3.43. The predicted octanol–water partition coefficient (Wildman–Crippen LogP) is 3.63. The molecule has 0 saturated carbocycles. The van der Waals surface area contributed by atoms with Crippen molar-refractivity contribution in [1.29, 1.82) is 0 Å². The van der Waals surface area contributed by atoms with Crippen LogP contribution < -0.4 is 5.32 Å². The first-order chi connectivity index (χ1) is 8.56. The van der Waals surface area contributed by atoms with E-state index in [4.69, 9.17) is 11.6 Å². The van der Waals surface area contributed by atoms with Gasteiger partial charge in [0.25, 0.3) is 5.69 Å². The molecule has 94 valence electrons. The Morgan fingerprint density at radius 3 is 2.94 bits per heavy atom. The first-order valence-electron chi connectivity index (χ1n) is 5.15. The molecule has 1 aromatic heterocycles. The molecule has 1 heterocycles. The van der Waals surface area contributed by atoms with Gasteiger partial charge in [0.05, 0.1) is 16.5 Å². The molecule has 1 N–H and O–H groups in total. The fourth-order valence-corrected chi connectivity index (χ4v) is 2.39. The highest BCUT2D eigenvalue weighted by Gasteiger charge is 2.13. The lowest BCUT2D eigenvalue weighted by Crippen LogP contribution is -2.01. The maximum Gasteiger partial charge on any atom is 0.292 e.